The van der Waals surface area contributed by atoms with Crippen LogP contribution < -0.4 is 5.73 Å². The summed E-state index contributed by atoms with van der Waals surface area (Å²) in [7, 11) is 0. The van der Waals surface area contributed by atoms with Crippen molar-refractivity contribution in [2.75, 3.05) is 13.1 Å². The van der Waals surface area contributed by atoms with Crippen molar-refractivity contribution in [3.8, 4) is 11.4 Å². The van der Waals surface area contributed by atoms with E-state index in [0.29, 0.717) is 25.5 Å². The highest BCUT2D eigenvalue weighted by atomic mass is 35.5. The highest BCUT2D eigenvalue weighted by molar-refractivity contribution is 5.85. The minimum atomic E-state index is -0.0562. The second-order valence-electron chi connectivity index (χ2n) is 5.95. The van der Waals surface area contributed by atoms with Crippen molar-refractivity contribution in [1.29, 1.82) is 0 Å². The van der Waals surface area contributed by atoms with Gasteiger partial charge in [-0.2, -0.15) is 4.80 Å². The molecule has 0 aliphatic heterocycles. The van der Waals surface area contributed by atoms with Gasteiger partial charge in [0.1, 0.15) is 6.54 Å². The third-order valence-corrected chi connectivity index (χ3v) is 3.96. The number of nitrogens with two attached hydrogens (primary N) is 1. The second kappa shape index (κ2) is 10.4. The van der Waals surface area contributed by atoms with Crippen LogP contribution in [0.25, 0.3) is 11.4 Å². The number of halogens is 1. The Kier molecular flexibility index (Phi) is 7.91. The topological polar surface area (TPSA) is 89.9 Å². The molecule has 0 radical (unpaired) electrons. The minimum absolute atomic E-state index is 0. The molecule has 1 heterocycles. The standard InChI is InChI=1S/C19H22N6O.ClH/c20-12-7-13-24(14-16-8-3-1-4-9-16)18(26)15-25-22-19(21-23-25)17-10-5-2-6-11-17;/h1-6,8-11H,7,12-15,20H2;1H. The first-order valence-corrected chi connectivity index (χ1v) is 8.61. The third kappa shape index (κ3) is 5.87. The van der Waals surface area contributed by atoms with E-state index in [9.17, 15) is 4.79 Å². The van der Waals surface area contributed by atoms with Crippen LogP contribution in [-0.2, 0) is 17.9 Å². The lowest BCUT2D eigenvalue weighted by Crippen LogP contribution is -2.35. The summed E-state index contributed by atoms with van der Waals surface area (Å²) in [5.74, 6) is 0.453. The van der Waals surface area contributed by atoms with Crippen LogP contribution in [0, 0.1) is 0 Å². The molecule has 1 amide bonds. The predicted octanol–water partition coefficient (Wildman–Crippen LogP) is 2.14. The largest absolute Gasteiger partial charge is 0.337 e. The molecule has 0 fully saturated rings. The van der Waals surface area contributed by atoms with E-state index >= 15 is 0 Å². The molecular formula is C19H23ClN6O. The molecule has 7 nitrogen and oxygen atoms in total. The van der Waals surface area contributed by atoms with E-state index in [1.165, 1.54) is 4.80 Å². The van der Waals surface area contributed by atoms with Gasteiger partial charge in [-0.25, -0.2) is 0 Å². The Morgan fingerprint density at radius 3 is 2.37 bits per heavy atom. The lowest BCUT2D eigenvalue weighted by molar-refractivity contribution is -0.133. The molecule has 0 saturated carbocycles. The number of carbonyl (C=O) groups is 1. The molecule has 3 aromatic rings. The molecule has 0 unspecified atom stereocenters. The van der Waals surface area contributed by atoms with Crippen LogP contribution in [0.2, 0.25) is 0 Å². The summed E-state index contributed by atoms with van der Waals surface area (Å²) in [5, 5.41) is 12.4. The van der Waals surface area contributed by atoms with Gasteiger partial charge >= 0.3 is 0 Å². The Bertz CT molecular complexity index is 824. The van der Waals surface area contributed by atoms with Crippen LogP contribution in [0.3, 0.4) is 0 Å². The van der Waals surface area contributed by atoms with Crippen LogP contribution >= 0.6 is 12.4 Å². The van der Waals surface area contributed by atoms with Crippen LogP contribution in [0.5, 0.6) is 0 Å². The molecule has 1 aromatic heterocycles. The van der Waals surface area contributed by atoms with E-state index in [1.54, 1.807) is 4.90 Å². The maximum Gasteiger partial charge on any atom is 0.246 e. The maximum absolute atomic E-state index is 12.7. The van der Waals surface area contributed by atoms with E-state index < -0.39 is 0 Å². The zero-order valence-corrected chi connectivity index (χ0v) is 15.8. The number of carbonyl (C=O) groups excluding carboxylic acids is 1. The molecule has 3 rings (SSSR count). The Hall–Kier alpha value is -2.77. The fourth-order valence-corrected chi connectivity index (χ4v) is 2.61. The van der Waals surface area contributed by atoms with Crippen molar-refractivity contribution in [1.82, 2.24) is 25.1 Å². The van der Waals surface area contributed by atoms with E-state index in [1.807, 2.05) is 60.7 Å². The highest BCUT2D eigenvalue weighted by Crippen LogP contribution is 2.12. The average Bonchev–Trinajstić information content (AvgIpc) is 3.15. The SMILES string of the molecule is Cl.NCCCN(Cc1ccccc1)C(=O)Cn1nnc(-c2ccccc2)n1. The van der Waals surface area contributed by atoms with Gasteiger partial charge in [-0.1, -0.05) is 60.7 Å². The van der Waals surface area contributed by atoms with Crippen molar-refractivity contribution in [2.24, 2.45) is 5.73 Å². The van der Waals surface area contributed by atoms with Gasteiger partial charge in [0, 0.05) is 18.7 Å². The quantitative estimate of drug-likeness (QED) is 0.640. The fourth-order valence-electron chi connectivity index (χ4n) is 2.61. The number of hydrogen-bond acceptors (Lipinski definition) is 5. The lowest BCUT2D eigenvalue weighted by Gasteiger charge is -2.22. The molecule has 0 spiro atoms. The second-order valence-corrected chi connectivity index (χ2v) is 5.95. The summed E-state index contributed by atoms with van der Waals surface area (Å²) in [6, 6.07) is 19.5. The Morgan fingerprint density at radius 1 is 1.04 bits per heavy atom. The Labute approximate surface area is 164 Å². The first kappa shape index (κ1) is 20.5. The van der Waals surface area contributed by atoms with E-state index in [-0.39, 0.29) is 24.9 Å². The Morgan fingerprint density at radius 2 is 1.70 bits per heavy atom. The van der Waals surface area contributed by atoms with Gasteiger partial charge in [0.25, 0.3) is 0 Å². The molecule has 27 heavy (non-hydrogen) atoms. The van der Waals surface area contributed by atoms with Crippen LogP contribution in [-0.4, -0.2) is 44.1 Å². The lowest BCUT2D eigenvalue weighted by atomic mass is 10.2. The van der Waals surface area contributed by atoms with Gasteiger partial charge in [-0.3, -0.25) is 4.79 Å². The van der Waals surface area contributed by atoms with Gasteiger partial charge < -0.3 is 10.6 Å². The summed E-state index contributed by atoms with van der Waals surface area (Å²) < 4.78 is 0. The summed E-state index contributed by atoms with van der Waals surface area (Å²) in [6.45, 7) is 1.74. The normalized spacial score (nSPS) is 10.3. The zero-order valence-electron chi connectivity index (χ0n) is 14.9. The average molecular weight is 387 g/mol. The summed E-state index contributed by atoms with van der Waals surface area (Å²) >= 11 is 0. The van der Waals surface area contributed by atoms with E-state index in [0.717, 1.165) is 17.5 Å². The number of hydrogen-bond donors (Lipinski definition) is 1. The van der Waals surface area contributed by atoms with E-state index in [4.69, 9.17) is 5.73 Å². The van der Waals surface area contributed by atoms with Crippen LogP contribution in [0.15, 0.2) is 60.7 Å². The van der Waals surface area contributed by atoms with Crippen molar-refractivity contribution >= 4 is 18.3 Å². The highest BCUT2D eigenvalue weighted by Gasteiger charge is 2.16. The number of aromatic nitrogens is 4. The van der Waals surface area contributed by atoms with Gasteiger partial charge in [0.2, 0.25) is 11.7 Å². The molecule has 0 saturated heterocycles. The first-order valence-electron chi connectivity index (χ1n) is 8.61. The number of amides is 1. The summed E-state index contributed by atoms with van der Waals surface area (Å²) in [4.78, 5) is 15.8. The van der Waals surface area contributed by atoms with Crippen LogP contribution in [0.1, 0.15) is 12.0 Å². The van der Waals surface area contributed by atoms with Gasteiger partial charge in [0.05, 0.1) is 0 Å². The molecule has 2 aromatic carbocycles. The van der Waals surface area contributed by atoms with Gasteiger partial charge in [-0.15, -0.1) is 22.6 Å². The minimum Gasteiger partial charge on any atom is -0.337 e. The third-order valence-electron chi connectivity index (χ3n) is 3.96. The number of nitrogens with zero attached hydrogens (tertiary/aromatic N) is 5. The number of tetrazole rings is 1. The maximum atomic E-state index is 12.7. The van der Waals surface area contributed by atoms with Crippen molar-refractivity contribution < 1.29 is 4.79 Å². The van der Waals surface area contributed by atoms with Gasteiger partial charge in [0.15, 0.2) is 0 Å². The smallest absolute Gasteiger partial charge is 0.246 e. The van der Waals surface area contributed by atoms with Gasteiger partial charge in [-0.05, 0) is 23.7 Å². The molecule has 0 atom stereocenters. The summed E-state index contributed by atoms with van der Waals surface area (Å²) in [6.07, 6.45) is 0.749. The summed E-state index contributed by atoms with van der Waals surface area (Å²) in [5.41, 5.74) is 7.56. The monoisotopic (exact) mass is 386 g/mol. The zero-order chi connectivity index (χ0) is 18.2. The predicted molar refractivity (Wildman–Crippen MR) is 106 cm³/mol. The molecule has 142 valence electrons. The Balaban J connectivity index is 0.00000261. The first-order chi connectivity index (χ1) is 12.8. The van der Waals surface area contributed by atoms with Crippen LogP contribution in [0.4, 0.5) is 0 Å². The molecular weight excluding hydrogens is 364 g/mol. The molecule has 8 heteroatoms. The van der Waals surface area contributed by atoms with Crippen molar-refractivity contribution in [3.05, 3.63) is 66.2 Å². The molecule has 0 aliphatic rings. The van der Waals surface area contributed by atoms with Crippen molar-refractivity contribution in [3.63, 3.8) is 0 Å². The number of rotatable bonds is 8. The molecule has 0 bridgehead atoms. The molecule has 2 N–H and O–H groups in total. The molecule has 0 aliphatic carbocycles. The van der Waals surface area contributed by atoms with E-state index in [2.05, 4.69) is 15.4 Å². The fraction of sp³-hybridized carbons (Fsp3) is 0.263. The number of benzene rings is 2. The van der Waals surface area contributed by atoms with Crippen molar-refractivity contribution in [2.45, 2.75) is 19.5 Å².